The Kier molecular flexibility index (Phi) is 10.1. The zero-order valence-corrected chi connectivity index (χ0v) is 30.2. The number of aromatic nitrogens is 1. The summed E-state index contributed by atoms with van der Waals surface area (Å²) < 4.78 is 12.2. The second-order valence-corrected chi connectivity index (χ2v) is 14.6. The van der Waals surface area contributed by atoms with E-state index in [1.807, 2.05) is 12.3 Å². The van der Waals surface area contributed by atoms with E-state index < -0.39 is 11.9 Å². The van der Waals surface area contributed by atoms with Crippen molar-refractivity contribution in [2.75, 3.05) is 7.11 Å². The first-order valence-electron chi connectivity index (χ1n) is 16.4. The summed E-state index contributed by atoms with van der Waals surface area (Å²) in [6.07, 6.45) is 9.32. The fourth-order valence-corrected chi connectivity index (χ4v) is 7.96. The Hall–Kier alpha value is -2.38. The average molecular weight is 619 g/mol. The van der Waals surface area contributed by atoms with E-state index in [2.05, 4.69) is 80.0 Å². The molecule has 45 heavy (non-hydrogen) atoms. The molecule has 1 saturated carbocycles. The summed E-state index contributed by atoms with van der Waals surface area (Å²) in [5, 5.41) is 11.8. The average Bonchev–Trinajstić information content (AvgIpc) is 3.83. The van der Waals surface area contributed by atoms with Gasteiger partial charge in [0.05, 0.1) is 7.11 Å². The predicted molar refractivity (Wildman–Crippen MR) is 172 cm³/mol. The number of aliphatic carboxylic acids is 1. The number of carboxylic acid groups (broad SMARTS) is 1. The summed E-state index contributed by atoms with van der Waals surface area (Å²) in [6.45, 7) is 12.1. The summed E-state index contributed by atoms with van der Waals surface area (Å²) in [6, 6.07) is 17.3. The van der Waals surface area contributed by atoms with Crippen LogP contribution in [0.3, 0.4) is 0 Å². The van der Waals surface area contributed by atoms with Gasteiger partial charge in [0.25, 0.3) is 0 Å². The minimum atomic E-state index is -0.974. The predicted octanol–water partition coefficient (Wildman–Crippen LogP) is 4.25. The van der Waals surface area contributed by atoms with Crippen LogP contribution >= 0.6 is 0 Å². The van der Waals surface area contributed by atoms with Crippen molar-refractivity contribution >= 4 is 5.97 Å². The molecule has 1 aromatic heterocycles. The van der Waals surface area contributed by atoms with Crippen LogP contribution in [0.15, 0.2) is 54.7 Å². The van der Waals surface area contributed by atoms with E-state index in [1.165, 1.54) is 41.5 Å². The molecular formula is C38H47N2NaO4. The molecule has 6 nitrogen and oxygen atoms in total. The number of methoxy groups -OCH3 is 1. The maximum Gasteiger partial charge on any atom is 1.00 e. The van der Waals surface area contributed by atoms with E-state index in [0.29, 0.717) is 11.8 Å². The number of hydrogen-bond acceptors (Lipinski definition) is 6. The molecule has 0 N–H and O–H groups in total. The third kappa shape index (κ3) is 7.15. The number of carboxylic acids is 1. The number of hydrogen-bond donors (Lipinski definition) is 0. The molecule has 0 spiro atoms. The van der Waals surface area contributed by atoms with Gasteiger partial charge in [-0.1, -0.05) is 37.3 Å². The topological polar surface area (TPSA) is 74.7 Å². The Morgan fingerprint density at radius 2 is 1.78 bits per heavy atom. The third-order valence-corrected chi connectivity index (χ3v) is 10.6. The largest absolute Gasteiger partial charge is 1.00 e. The number of aryl methyl sites for hydroxylation is 1. The molecule has 3 atom stereocenters. The molecular weight excluding hydrogens is 571 g/mol. The van der Waals surface area contributed by atoms with Gasteiger partial charge in [0, 0.05) is 41.8 Å². The van der Waals surface area contributed by atoms with E-state index >= 15 is 0 Å². The second kappa shape index (κ2) is 13.4. The molecule has 2 aromatic carbocycles. The van der Waals surface area contributed by atoms with Crippen LogP contribution in [-0.4, -0.2) is 34.0 Å². The van der Waals surface area contributed by atoms with E-state index in [0.717, 1.165) is 49.1 Å². The van der Waals surface area contributed by atoms with Gasteiger partial charge in [-0.05, 0) is 130 Å². The first kappa shape index (κ1) is 34.0. The SMILES string of the molecule is COc1cc(-c2ccc(C3CCc4ccc([C@H](C5CC5)[C@H](C)C(=O)[O-])cc4O3)cc2CN2C(C)(C)CCCC2(C)C)ccn1.[Na+]. The summed E-state index contributed by atoms with van der Waals surface area (Å²) in [5.74, 6) is 0.372. The van der Waals surface area contributed by atoms with Gasteiger partial charge in [-0.3, -0.25) is 4.90 Å². The minimum Gasteiger partial charge on any atom is -0.550 e. The number of carbonyl (C=O) groups is 1. The first-order chi connectivity index (χ1) is 21.0. The minimum absolute atomic E-state index is 0. The van der Waals surface area contributed by atoms with Gasteiger partial charge in [-0.15, -0.1) is 0 Å². The van der Waals surface area contributed by atoms with Crippen LogP contribution in [0.2, 0.25) is 0 Å². The van der Waals surface area contributed by atoms with Gasteiger partial charge >= 0.3 is 29.6 Å². The van der Waals surface area contributed by atoms with Crippen molar-refractivity contribution in [1.82, 2.24) is 9.88 Å². The smallest absolute Gasteiger partial charge is 0.550 e. The molecule has 3 aromatic rings. The molecule has 0 radical (unpaired) electrons. The Labute approximate surface area is 291 Å². The van der Waals surface area contributed by atoms with Crippen LogP contribution in [0.1, 0.15) is 107 Å². The molecule has 2 fully saturated rings. The molecule has 0 bridgehead atoms. The van der Waals surface area contributed by atoms with Crippen molar-refractivity contribution in [3.63, 3.8) is 0 Å². The normalized spacial score (nSPS) is 21.9. The Bertz CT molecular complexity index is 1520. The fourth-order valence-electron chi connectivity index (χ4n) is 7.96. The van der Waals surface area contributed by atoms with Crippen LogP contribution < -0.4 is 44.1 Å². The molecule has 0 amide bonds. The number of piperidine rings is 1. The molecule has 1 saturated heterocycles. The number of ether oxygens (including phenoxy) is 2. The van der Waals surface area contributed by atoms with Crippen LogP contribution in [0, 0.1) is 11.8 Å². The summed E-state index contributed by atoms with van der Waals surface area (Å²) in [4.78, 5) is 18.9. The second-order valence-electron chi connectivity index (χ2n) is 14.6. The van der Waals surface area contributed by atoms with Crippen LogP contribution in [0.5, 0.6) is 11.6 Å². The number of nitrogens with zero attached hydrogens (tertiary/aromatic N) is 2. The molecule has 3 heterocycles. The molecule has 234 valence electrons. The zero-order chi connectivity index (χ0) is 31.2. The van der Waals surface area contributed by atoms with Gasteiger partial charge in [-0.2, -0.15) is 0 Å². The first-order valence-corrected chi connectivity index (χ1v) is 16.4. The fraction of sp³-hybridized carbons (Fsp3) is 0.526. The maximum atomic E-state index is 11.8. The van der Waals surface area contributed by atoms with Crippen molar-refractivity contribution in [1.29, 1.82) is 0 Å². The molecule has 1 aliphatic carbocycles. The Morgan fingerprint density at radius 3 is 2.44 bits per heavy atom. The van der Waals surface area contributed by atoms with Gasteiger partial charge in [-0.25, -0.2) is 4.98 Å². The monoisotopic (exact) mass is 618 g/mol. The van der Waals surface area contributed by atoms with E-state index in [-0.39, 0.29) is 52.7 Å². The van der Waals surface area contributed by atoms with Gasteiger partial charge < -0.3 is 19.4 Å². The van der Waals surface area contributed by atoms with Crippen LogP contribution in [0.4, 0.5) is 0 Å². The van der Waals surface area contributed by atoms with E-state index in [9.17, 15) is 9.90 Å². The molecule has 7 heteroatoms. The van der Waals surface area contributed by atoms with Gasteiger partial charge in [0.1, 0.15) is 11.9 Å². The van der Waals surface area contributed by atoms with Crippen LogP contribution in [0.25, 0.3) is 11.1 Å². The van der Waals surface area contributed by atoms with Crippen molar-refractivity contribution in [3.8, 4) is 22.8 Å². The summed E-state index contributed by atoms with van der Waals surface area (Å²) in [5.41, 5.74) is 7.16. The van der Waals surface area contributed by atoms with Crippen molar-refractivity contribution in [2.24, 2.45) is 11.8 Å². The standard InChI is InChI=1S/C38H48N2O4.Na/c1-24(36(41)42)35(26-9-10-26)29-11-8-25-13-15-32(44-33(25)21-29)28-12-14-31(27-16-19-39-34(22-27)43-6)30(20-28)23-40-37(2,3)17-7-18-38(40,4)5;/h8,11-12,14,16,19-22,24,26,32,35H,7,9-10,13,15,17-18,23H2,1-6H3,(H,41,42);/q;+1/p-1/t24-,32?,35-;/m0./s1. The number of pyridine rings is 1. The number of fused-ring (bicyclic) bond motifs is 1. The molecule has 1 unspecified atom stereocenters. The van der Waals surface area contributed by atoms with Crippen LogP contribution in [-0.2, 0) is 17.8 Å². The Morgan fingerprint density at radius 1 is 1.04 bits per heavy atom. The molecule has 6 rings (SSSR count). The number of benzene rings is 2. The quantitative estimate of drug-likeness (QED) is 0.334. The van der Waals surface area contributed by atoms with Crippen molar-refractivity contribution in [3.05, 3.63) is 77.0 Å². The third-order valence-electron chi connectivity index (χ3n) is 10.6. The number of carbonyl (C=O) groups excluding carboxylic acids is 1. The van der Waals surface area contributed by atoms with E-state index in [1.54, 1.807) is 14.0 Å². The van der Waals surface area contributed by atoms with E-state index in [4.69, 9.17) is 9.47 Å². The summed E-state index contributed by atoms with van der Waals surface area (Å²) >= 11 is 0. The maximum absolute atomic E-state index is 11.8. The van der Waals surface area contributed by atoms with Gasteiger partial charge in [0.15, 0.2) is 0 Å². The molecule has 3 aliphatic rings. The zero-order valence-electron chi connectivity index (χ0n) is 28.2. The van der Waals surface area contributed by atoms with Crippen molar-refractivity contribution in [2.45, 2.75) is 109 Å². The number of rotatable bonds is 9. The molecule has 2 aliphatic heterocycles. The van der Waals surface area contributed by atoms with Crippen molar-refractivity contribution < 1.29 is 48.9 Å². The number of likely N-dealkylation sites (tertiary alicyclic amines) is 1. The Balaban J connectivity index is 0.00000400. The summed E-state index contributed by atoms with van der Waals surface area (Å²) in [7, 11) is 1.66. The van der Waals surface area contributed by atoms with Gasteiger partial charge in [0.2, 0.25) is 5.88 Å².